The minimum absolute atomic E-state index is 0.0201. The monoisotopic (exact) mass is 337 g/mol. The molecule has 2 rings (SSSR count). The smallest absolute Gasteiger partial charge is 0.326 e. The number of aliphatic carboxylic acids is 1. The molecule has 1 aromatic carbocycles. The molecule has 0 bridgehead atoms. The highest BCUT2D eigenvalue weighted by Crippen LogP contribution is 2.26. The zero-order chi connectivity index (χ0) is 17.7. The van der Waals surface area contributed by atoms with Crippen LogP contribution >= 0.6 is 0 Å². The summed E-state index contributed by atoms with van der Waals surface area (Å²) in [6, 6.07) is 2.53. The van der Waals surface area contributed by atoms with E-state index in [0.29, 0.717) is 5.56 Å². The highest BCUT2D eigenvalue weighted by atomic mass is 16.4. The second kappa shape index (κ2) is 8.01. The van der Waals surface area contributed by atoms with Crippen LogP contribution in [0.5, 0.6) is 11.5 Å². The summed E-state index contributed by atoms with van der Waals surface area (Å²) in [5, 5.41) is 30.7. The molecule has 0 spiro atoms. The van der Waals surface area contributed by atoms with Gasteiger partial charge >= 0.3 is 5.97 Å². The Kier molecular flexibility index (Phi) is 6.03. The maximum Gasteiger partial charge on any atom is 0.326 e. The van der Waals surface area contributed by atoms with Crippen LogP contribution in [0.3, 0.4) is 0 Å². The average molecular weight is 337 g/mol. The van der Waals surface area contributed by atoms with Crippen LogP contribution in [0.25, 0.3) is 0 Å². The van der Waals surface area contributed by atoms with E-state index in [1.165, 1.54) is 24.6 Å². The third-order valence-corrected chi connectivity index (χ3v) is 4.65. The molecule has 0 heterocycles. The molecule has 0 radical (unpaired) electrons. The van der Waals surface area contributed by atoms with E-state index in [-0.39, 0.29) is 29.7 Å². The number of nitrogens with one attached hydrogen (secondary N) is 1. The van der Waals surface area contributed by atoms with Crippen LogP contribution in [0.15, 0.2) is 18.2 Å². The first-order valence-corrected chi connectivity index (χ1v) is 8.25. The number of hydrogen-bond donors (Lipinski definition) is 5. The van der Waals surface area contributed by atoms with Gasteiger partial charge in [0.2, 0.25) is 0 Å². The van der Waals surface area contributed by atoms with Crippen molar-refractivity contribution in [3.05, 3.63) is 23.8 Å². The summed E-state index contributed by atoms with van der Waals surface area (Å²) in [6.07, 6.45) is 5.26. The number of carboxylic acid groups (broad SMARTS) is 1. The van der Waals surface area contributed by atoms with Gasteiger partial charge in [0.05, 0.1) is 0 Å². The Morgan fingerprint density at radius 3 is 2.42 bits per heavy atom. The predicted molar refractivity (Wildman–Crippen MR) is 86.3 cm³/mol. The van der Waals surface area contributed by atoms with Gasteiger partial charge in [-0.15, -0.1) is 0 Å². The number of carbonyl (C=O) groups is 2. The molecule has 0 unspecified atom stereocenters. The molecule has 0 aromatic heterocycles. The quantitative estimate of drug-likeness (QED) is 0.479. The summed E-state index contributed by atoms with van der Waals surface area (Å²) < 4.78 is 0. The largest absolute Gasteiger partial charge is 0.504 e. The van der Waals surface area contributed by atoms with Gasteiger partial charge in [-0.25, -0.2) is 4.79 Å². The van der Waals surface area contributed by atoms with Gasteiger partial charge in [-0.3, -0.25) is 4.79 Å². The van der Waals surface area contributed by atoms with Crippen molar-refractivity contribution in [2.24, 2.45) is 5.92 Å². The lowest BCUT2D eigenvalue weighted by Crippen LogP contribution is -2.71. The van der Waals surface area contributed by atoms with Crippen molar-refractivity contribution in [1.82, 2.24) is 5.32 Å². The summed E-state index contributed by atoms with van der Waals surface area (Å²) in [7, 11) is 0. The van der Waals surface area contributed by atoms with E-state index in [0.717, 1.165) is 25.7 Å². The molecule has 1 aliphatic rings. The zero-order valence-corrected chi connectivity index (χ0v) is 13.6. The lowest BCUT2D eigenvalue weighted by atomic mass is 9.84. The molecule has 7 heteroatoms. The van der Waals surface area contributed by atoms with Gasteiger partial charge in [0.25, 0.3) is 5.91 Å². The zero-order valence-electron chi connectivity index (χ0n) is 13.6. The van der Waals surface area contributed by atoms with E-state index in [9.17, 15) is 24.9 Å². The number of benzene rings is 1. The van der Waals surface area contributed by atoms with Gasteiger partial charge in [-0.2, -0.15) is 0 Å². The number of amides is 1. The molecule has 1 aliphatic carbocycles. The number of hydrogen-bond acceptors (Lipinski definition) is 4. The number of phenolic OH excluding ortho intramolecular Hbond substituents is 2. The molecule has 2 atom stereocenters. The lowest BCUT2D eigenvalue weighted by molar-refractivity contribution is -0.418. The number of phenols is 2. The van der Waals surface area contributed by atoms with Crippen LogP contribution in [0.1, 0.15) is 37.7 Å². The van der Waals surface area contributed by atoms with Crippen molar-refractivity contribution in [1.29, 1.82) is 0 Å². The summed E-state index contributed by atoms with van der Waals surface area (Å²) in [6.45, 7) is 0. The Hall–Kier alpha value is -2.28. The van der Waals surface area contributed by atoms with E-state index < -0.39 is 18.1 Å². The van der Waals surface area contributed by atoms with Gasteiger partial charge in [0, 0.05) is 12.3 Å². The predicted octanol–water partition coefficient (Wildman–Crippen LogP) is 0.401. The summed E-state index contributed by atoms with van der Waals surface area (Å²) in [5.41, 5.74) is 4.44. The topological polar surface area (TPSA) is 134 Å². The molecule has 0 aliphatic heterocycles. The van der Waals surface area contributed by atoms with Crippen LogP contribution in [-0.4, -0.2) is 39.3 Å². The number of quaternary nitrogens is 1. The maximum atomic E-state index is 12.3. The third-order valence-electron chi connectivity index (χ3n) is 4.65. The Labute approximate surface area is 140 Å². The first-order chi connectivity index (χ1) is 11.4. The number of aromatic hydroxyl groups is 2. The molecule has 1 aromatic rings. The SMILES string of the molecule is [NH3+][C@H](C(=O)N[C@@H](Cc1ccc(O)c(O)c1)C(=O)O)C1CCCCC1. The molecule has 0 saturated heterocycles. The fourth-order valence-corrected chi connectivity index (χ4v) is 3.16. The Morgan fingerprint density at radius 2 is 1.83 bits per heavy atom. The third kappa shape index (κ3) is 4.61. The van der Waals surface area contributed by atoms with Crippen LogP contribution in [0.4, 0.5) is 0 Å². The second-order valence-electron chi connectivity index (χ2n) is 6.43. The van der Waals surface area contributed by atoms with Crippen LogP contribution in [0, 0.1) is 5.92 Å². The van der Waals surface area contributed by atoms with Gasteiger partial charge in [-0.1, -0.05) is 25.3 Å². The molecule has 1 amide bonds. The van der Waals surface area contributed by atoms with Crippen molar-refractivity contribution in [3.8, 4) is 11.5 Å². The maximum absolute atomic E-state index is 12.3. The van der Waals surface area contributed by atoms with E-state index >= 15 is 0 Å². The number of carbonyl (C=O) groups excluding carboxylic acids is 1. The first kappa shape index (κ1) is 18.1. The first-order valence-electron chi connectivity index (χ1n) is 8.25. The molecule has 7 N–H and O–H groups in total. The van der Waals surface area contributed by atoms with E-state index in [2.05, 4.69) is 11.1 Å². The molecular formula is C17H25N2O5+. The Bertz CT molecular complexity index is 599. The number of carboxylic acids is 1. The average Bonchev–Trinajstić information content (AvgIpc) is 2.57. The fraction of sp³-hybridized carbons (Fsp3) is 0.529. The van der Waals surface area contributed by atoms with Crippen molar-refractivity contribution >= 4 is 11.9 Å². The normalized spacial score (nSPS) is 17.9. The van der Waals surface area contributed by atoms with Gasteiger partial charge < -0.3 is 26.4 Å². The standard InChI is InChI=1S/C17H24N2O5/c18-15(11-4-2-1-3-5-11)16(22)19-12(17(23)24)8-10-6-7-13(20)14(21)9-10/h6-7,9,11-12,15,20-21H,1-5,8,18H2,(H,19,22)(H,23,24)/p+1/t12-,15-/m0/s1. The molecule has 7 nitrogen and oxygen atoms in total. The van der Waals surface area contributed by atoms with Gasteiger partial charge in [0.1, 0.15) is 6.04 Å². The Morgan fingerprint density at radius 1 is 1.17 bits per heavy atom. The molecule has 132 valence electrons. The summed E-state index contributed by atoms with van der Waals surface area (Å²) >= 11 is 0. The molecule has 24 heavy (non-hydrogen) atoms. The molecular weight excluding hydrogens is 312 g/mol. The van der Waals surface area contributed by atoms with Crippen LogP contribution < -0.4 is 11.1 Å². The van der Waals surface area contributed by atoms with Crippen molar-refractivity contribution < 1.29 is 30.6 Å². The van der Waals surface area contributed by atoms with E-state index in [1.54, 1.807) is 0 Å². The van der Waals surface area contributed by atoms with Crippen LogP contribution in [-0.2, 0) is 16.0 Å². The highest BCUT2D eigenvalue weighted by Gasteiger charge is 2.32. The minimum Gasteiger partial charge on any atom is -0.504 e. The van der Waals surface area contributed by atoms with Gasteiger partial charge in [-0.05, 0) is 30.5 Å². The van der Waals surface area contributed by atoms with Crippen molar-refractivity contribution in [2.45, 2.75) is 50.6 Å². The Balaban J connectivity index is 2.00. The number of rotatable bonds is 6. The summed E-state index contributed by atoms with van der Waals surface area (Å²) in [5.74, 6) is -1.89. The summed E-state index contributed by atoms with van der Waals surface area (Å²) in [4.78, 5) is 23.8. The second-order valence-corrected chi connectivity index (χ2v) is 6.43. The van der Waals surface area contributed by atoms with Crippen molar-refractivity contribution in [3.63, 3.8) is 0 Å². The molecule has 1 fully saturated rings. The van der Waals surface area contributed by atoms with Crippen molar-refractivity contribution in [2.75, 3.05) is 0 Å². The molecule has 1 saturated carbocycles. The van der Waals surface area contributed by atoms with E-state index in [1.807, 2.05) is 0 Å². The minimum atomic E-state index is -1.15. The van der Waals surface area contributed by atoms with Gasteiger partial charge in [0.15, 0.2) is 17.5 Å². The lowest BCUT2D eigenvalue weighted by Gasteiger charge is -2.25. The fourth-order valence-electron chi connectivity index (χ4n) is 3.16. The highest BCUT2D eigenvalue weighted by molar-refractivity contribution is 5.86. The van der Waals surface area contributed by atoms with E-state index in [4.69, 9.17) is 0 Å². The van der Waals surface area contributed by atoms with Crippen LogP contribution in [0.2, 0.25) is 0 Å².